The van der Waals surface area contributed by atoms with Gasteiger partial charge in [0.15, 0.2) is 5.96 Å². The van der Waals surface area contributed by atoms with Crippen LogP contribution < -0.4 is 10.6 Å². The molecule has 0 spiro atoms. The molecule has 3 rings (SSSR count). The molecule has 1 aromatic heterocycles. The first-order valence-electron chi connectivity index (χ1n) is 9.45. The highest BCUT2D eigenvalue weighted by molar-refractivity contribution is 7.13. The molecule has 2 heterocycles. The molecule has 0 amide bonds. The van der Waals surface area contributed by atoms with Gasteiger partial charge in [-0.3, -0.25) is 4.99 Å². The van der Waals surface area contributed by atoms with Gasteiger partial charge in [-0.05, 0) is 12.8 Å². The topological polar surface area (TPSA) is 67.8 Å². The fraction of sp³-hybridized carbons (Fsp3) is 0.500. The van der Waals surface area contributed by atoms with E-state index in [0.29, 0.717) is 12.5 Å². The van der Waals surface area contributed by atoms with Crippen LogP contribution in [0.2, 0.25) is 0 Å². The molecule has 2 N–H and O–H groups in total. The summed E-state index contributed by atoms with van der Waals surface area (Å²) in [7, 11) is 1.78. The van der Waals surface area contributed by atoms with Gasteiger partial charge in [-0.25, -0.2) is 4.98 Å². The predicted molar refractivity (Wildman–Crippen MR) is 110 cm³/mol. The van der Waals surface area contributed by atoms with E-state index in [9.17, 15) is 0 Å². The summed E-state index contributed by atoms with van der Waals surface area (Å²) in [6.45, 7) is 4.77. The smallest absolute Gasteiger partial charge is 0.191 e. The Morgan fingerprint density at radius 1 is 1.33 bits per heavy atom. The van der Waals surface area contributed by atoms with Crippen molar-refractivity contribution in [3.8, 4) is 10.6 Å². The fourth-order valence-electron chi connectivity index (χ4n) is 2.84. The van der Waals surface area contributed by atoms with E-state index in [4.69, 9.17) is 9.47 Å². The largest absolute Gasteiger partial charge is 0.381 e. The molecule has 27 heavy (non-hydrogen) atoms. The van der Waals surface area contributed by atoms with E-state index < -0.39 is 0 Å². The molecule has 7 heteroatoms. The maximum absolute atomic E-state index is 5.72. The van der Waals surface area contributed by atoms with E-state index in [1.54, 1.807) is 18.4 Å². The molecular weight excluding hydrogens is 360 g/mol. The van der Waals surface area contributed by atoms with Crippen molar-refractivity contribution in [3.05, 3.63) is 41.4 Å². The summed E-state index contributed by atoms with van der Waals surface area (Å²) >= 11 is 1.66. The maximum Gasteiger partial charge on any atom is 0.191 e. The zero-order chi connectivity index (χ0) is 18.7. The molecule has 0 bridgehead atoms. The van der Waals surface area contributed by atoms with Crippen molar-refractivity contribution in [2.45, 2.75) is 19.4 Å². The van der Waals surface area contributed by atoms with Crippen LogP contribution in [0.4, 0.5) is 0 Å². The summed E-state index contributed by atoms with van der Waals surface area (Å²) in [5, 5.41) is 9.76. The van der Waals surface area contributed by atoms with Gasteiger partial charge in [-0.2, -0.15) is 0 Å². The molecule has 1 aromatic carbocycles. The van der Waals surface area contributed by atoms with Gasteiger partial charge >= 0.3 is 0 Å². The minimum absolute atomic E-state index is 0.575. The van der Waals surface area contributed by atoms with Gasteiger partial charge in [0, 0.05) is 43.7 Å². The summed E-state index contributed by atoms with van der Waals surface area (Å²) < 4.78 is 11.1. The van der Waals surface area contributed by atoms with Gasteiger partial charge < -0.3 is 20.1 Å². The molecule has 0 aliphatic carbocycles. The van der Waals surface area contributed by atoms with Crippen LogP contribution in [-0.2, 0) is 16.0 Å². The number of thiazole rings is 1. The number of rotatable bonds is 9. The number of benzene rings is 1. The van der Waals surface area contributed by atoms with Crippen molar-refractivity contribution < 1.29 is 9.47 Å². The van der Waals surface area contributed by atoms with E-state index in [0.717, 1.165) is 68.0 Å². The third-order valence-electron chi connectivity index (χ3n) is 4.37. The highest BCUT2D eigenvalue weighted by Gasteiger charge is 2.15. The predicted octanol–water partition coefficient (Wildman–Crippen LogP) is 2.92. The summed E-state index contributed by atoms with van der Waals surface area (Å²) in [4.78, 5) is 8.95. The Morgan fingerprint density at radius 2 is 2.22 bits per heavy atom. The van der Waals surface area contributed by atoms with Crippen molar-refractivity contribution in [2.75, 3.05) is 40.0 Å². The van der Waals surface area contributed by atoms with E-state index in [1.807, 2.05) is 18.2 Å². The number of hydrogen-bond donors (Lipinski definition) is 2. The monoisotopic (exact) mass is 388 g/mol. The van der Waals surface area contributed by atoms with Gasteiger partial charge in [0.25, 0.3) is 0 Å². The van der Waals surface area contributed by atoms with E-state index >= 15 is 0 Å². The fourth-order valence-corrected chi connectivity index (χ4v) is 3.67. The minimum Gasteiger partial charge on any atom is -0.381 e. The lowest BCUT2D eigenvalue weighted by Crippen LogP contribution is -2.37. The molecular formula is C20H28N4O2S. The van der Waals surface area contributed by atoms with Crippen molar-refractivity contribution in [1.82, 2.24) is 15.6 Å². The van der Waals surface area contributed by atoms with Crippen LogP contribution in [0.5, 0.6) is 0 Å². The zero-order valence-corrected chi connectivity index (χ0v) is 16.6. The van der Waals surface area contributed by atoms with Crippen LogP contribution in [0.25, 0.3) is 10.6 Å². The Bertz CT molecular complexity index is 699. The van der Waals surface area contributed by atoms with Crippen LogP contribution in [0.15, 0.2) is 40.7 Å². The Balaban J connectivity index is 1.31. The number of nitrogens with one attached hydrogen (secondary N) is 2. The molecule has 1 atom stereocenters. The summed E-state index contributed by atoms with van der Waals surface area (Å²) in [5.74, 6) is 1.36. The van der Waals surface area contributed by atoms with E-state index in [-0.39, 0.29) is 0 Å². The van der Waals surface area contributed by atoms with Crippen molar-refractivity contribution >= 4 is 17.3 Å². The van der Waals surface area contributed by atoms with Crippen molar-refractivity contribution in [2.24, 2.45) is 10.9 Å². The highest BCUT2D eigenvalue weighted by atomic mass is 32.1. The second kappa shape index (κ2) is 11.0. The highest BCUT2D eigenvalue weighted by Crippen LogP contribution is 2.23. The van der Waals surface area contributed by atoms with Gasteiger partial charge in [0.2, 0.25) is 0 Å². The van der Waals surface area contributed by atoms with Gasteiger partial charge in [0.05, 0.1) is 25.5 Å². The summed E-state index contributed by atoms with van der Waals surface area (Å²) in [6.07, 6.45) is 2.07. The SMILES string of the molecule is CN=C(NCCCOCC1CCOC1)NCc1csc(-c2ccccc2)n1. The molecule has 1 aliphatic rings. The molecule has 6 nitrogen and oxygen atoms in total. The van der Waals surface area contributed by atoms with Crippen LogP contribution in [0.3, 0.4) is 0 Å². The molecule has 146 valence electrons. The summed E-state index contributed by atoms with van der Waals surface area (Å²) in [6, 6.07) is 10.2. The first kappa shape index (κ1) is 19.8. The Labute approximate surface area is 165 Å². The quantitative estimate of drug-likeness (QED) is 0.393. The summed E-state index contributed by atoms with van der Waals surface area (Å²) in [5.41, 5.74) is 2.17. The third kappa shape index (κ3) is 6.61. The van der Waals surface area contributed by atoms with Gasteiger partial charge in [-0.15, -0.1) is 11.3 Å². The number of aromatic nitrogens is 1. The zero-order valence-electron chi connectivity index (χ0n) is 15.8. The molecule has 1 saturated heterocycles. The number of hydrogen-bond acceptors (Lipinski definition) is 5. The second-order valence-corrected chi connectivity index (χ2v) is 7.38. The van der Waals surface area contributed by atoms with Gasteiger partial charge in [0.1, 0.15) is 5.01 Å². The third-order valence-corrected chi connectivity index (χ3v) is 5.31. The normalized spacial score (nSPS) is 17.2. The van der Waals surface area contributed by atoms with Crippen LogP contribution >= 0.6 is 11.3 Å². The number of ether oxygens (including phenoxy) is 2. The average molecular weight is 389 g/mol. The lowest BCUT2D eigenvalue weighted by atomic mass is 10.1. The number of nitrogens with zero attached hydrogens (tertiary/aromatic N) is 2. The second-order valence-electron chi connectivity index (χ2n) is 6.52. The molecule has 1 unspecified atom stereocenters. The number of aliphatic imine (C=N–C) groups is 1. The van der Waals surface area contributed by atoms with E-state index in [1.165, 1.54) is 0 Å². The van der Waals surface area contributed by atoms with Crippen molar-refractivity contribution in [1.29, 1.82) is 0 Å². The first-order chi connectivity index (χ1) is 13.3. The van der Waals surface area contributed by atoms with Crippen molar-refractivity contribution in [3.63, 3.8) is 0 Å². The minimum atomic E-state index is 0.575. The Morgan fingerprint density at radius 3 is 3.00 bits per heavy atom. The van der Waals surface area contributed by atoms with Gasteiger partial charge in [-0.1, -0.05) is 30.3 Å². The lowest BCUT2D eigenvalue weighted by Gasteiger charge is -2.12. The lowest BCUT2D eigenvalue weighted by molar-refractivity contribution is 0.0888. The maximum atomic E-state index is 5.72. The Hall–Kier alpha value is -1.96. The first-order valence-corrected chi connectivity index (χ1v) is 10.3. The molecule has 2 aromatic rings. The van der Waals surface area contributed by atoms with E-state index in [2.05, 4.69) is 38.1 Å². The molecule has 1 fully saturated rings. The molecule has 0 radical (unpaired) electrons. The number of guanidine groups is 1. The van der Waals surface area contributed by atoms with Crippen LogP contribution in [0.1, 0.15) is 18.5 Å². The molecule has 1 aliphatic heterocycles. The van der Waals surface area contributed by atoms with Crippen LogP contribution in [-0.4, -0.2) is 51.0 Å². The standard InChI is InChI=1S/C20H28N4O2S/c1-21-20(22-9-5-10-25-13-16-8-11-26-14-16)23-12-18-15-27-19(24-18)17-6-3-2-4-7-17/h2-4,6-7,15-16H,5,8-14H2,1H3,(H2,21,22,23). The average Bonchev–Trinajstić information content (AvgIpc) is 3.39. The van der Waals surface area contributed by atoms with Crippen LogP contribution in [0, 0.1) is 5.92 Å². The Kier molecular flexibility index (Phi) is 8.07. The molecule has 0 saturated carbocycles.